The summed E-state index contributed by atoms with van der Waals surface area (Å²) < 4.78 is 19.5. The van der Waals surface area contributed by atoms with Crippen LogP contribution in [0.3, 0.4) is 0 Å². The molecular weight excluding hydrogens is 609 g/mol. The van der Waals surface area contributed by atoms with Gasteiger partial charge in [0.2, 0.25) is 0 Å². The van der Waals surface area contributed by atoms with E-state index in [2.05, 4.69) is 38.8 Å². The van der Waals surface area contributed by atoms with Gasteiger partial charge in [0.25, 0.3) is 5.91 Å². The number of hydrogen-bond donors (Lipinski definition) is 0. The zero-order chi connectivity index (χ0) is 33.8. The van der Waals surface area contributed by atoms with Gasteiger partial charge in [-0.25, -0.2) is 0 Å². The van der Waals surface area contributed by atoms with E-state index in [1.165, 1.54) is 6.92 Å². The third-order valence-electron chi connectivity index (χ3n) is 9.24. The summed E-state index contributed by atoms with van der Waals surface area (Å²) in [7, 11) is -1.92. The number of nitrogens with zero attached hydrogens (tertiary/aromatic N) is 4. The highest BCUT2D eigenvalue weighted by atomic mass is 28.4. The number of fused-ring (bicyclic) bond motifs is 1. The maximum atomic E-state index is 14.0. The summed E-state index contributed by atoms with van der Waals surface area (Å²) >= 11 is 0. The topological polar surface area (TPSA) is 95.8 Å². The lowest BCUT2D eigenvalue weighted by Gasteiger charge is -2.37. The van der Waals surface area contributed by atoms with E-state index in [9.17, 15) is 9.59 Å². The van der Waals surface area contributed by atoms with E-state index in [4.69, 9.17) is 19.0 Å². The molecule has 2 aromatic heterocycles. The average Bonchev–Trinajstić information content (AvgIpc) is 3.44. The molecule has 10 heteroatoms. The van der Waals surface area contributed by atoms with Crippen LogP contribution in [0.2, 0.25) is 18.1 Å². The highest BCUT2D eigenvalue weighted by Gasteiger charge is 2.38. The van der Waals surface area contributed by atoms with Gasteiger partial charge < -0.3 is 18.8 Å². The Labute approximate surface area is 279 Å². The lowest BCUT2D eigenvalue weighted by molar-refractivity contribution is -0.141. The van der Waals surface area contributed by atoms with Gasteiger partial charge in [0.05, 0.1) is 19.8 Å². The fraction of sp³-hybridized carbons (Fsp3) is 0.405. The number of hydrogen-bond acceptors (Lipinski definition) is 7. The highest BCUT2D eigenvalue weighted by Crippen LogP contribution is 2.38. The van der Waals surface area contributed by atoms with Crippen molar-refractivity contribution in [2.45, 2.75) is 71.8 Å². The van der Waals surface area contributed by atoms with Crippen LogP contribution in [0.5, 0.6) is 5.75 Å². The Balaban J connectivity index is 1.33. The summed E-state index contributed by atoms with van der Waals surface area (Å²) in [5, 5.41) is 5.04. The molecule has 0 saturated carbocycles. The van der Waals surface area contributed by atoms with E-state index in [0.717, 1.165) is 39.3 Å². The summed E-state index contributed by atoms with van der Waals surface area (Å²) in [5.74, 6) is 0.528. The minimum absolute atomic E-state index is 0.0381. The van der Waals surface area contributed by atoms with E-state index in [1.807, 2.05) is 77.2 Å². The predicted octanol–water partition coefficient (Wildman–Crippen LogP) is 7.34. The minimum Gasteiger partial charge on any atom is -0.489 e. The van der Waals surface area contributed by atoms with Gasteiger partial charge in [-0.1, -0.05) is 64.1 Å². The Hall–Kier alpha value is -4.28. The van der Waals surface area contributed by atoms with Crippen LogP contribution < -0.4 is 4.74 Å². The molecule has 0 fully saturated rings. The molecule has 0 N–H and O–H groups in total. The third-order valence-corrected chi connectivity index (χ3v) is 13.8. The van der Waals surface area contributed by atoms with Crippen molar-refractivity contribution in [3.05, 3.63) is 89.9 Å². The van der Waals surface area contributed by atoms with E-state index >= 15 is 0 Å². The Kier molecular flexibility index (Phi) is 10.3. The molecule has 1 unspecified atom stereocenters. The summed E-state index contributed by atoms with van der Waals surface area (Å²) in [5.41, 5.74) is 6.09. The van der Waals surface area contributed by atoms with Gasteiger partial charge in [0.15, 0.2) is 8.32 Å². The molecule has 4 aromatic rings. The summed E-state index contributed by atoms with van der Waals surface area (Å²) in [6, 6.07) is 19.8. The van der Waals surface area contributed by atoms with Crippen molar-refractivity contribution in [2.24, 2.45) is 0 Å². The molecule has 0 spiro atoms. The van der Waals surface area contributed by atoms with Crippen LogP contribution in [0.4, 0.5) is 0 Å². The second-order valence-electron chi connectivity index (χ2n) is 13.7. The molecule has 47 heavy (non-hydrogen) atoms. The summed E-state index contributed by atoms with van der Waals surface area (Å²) in [4.78, 5) is 31.2. The Morgan fingerprint density at radius 2 is 1.64 bits per heavy atom. The molecule has 2 aromatic carbocycles. The second kappa shape index (κ2) is 14.2. The van der Waals surface area contributed by atoms with E-state index in [-0.39, 0.29) is 22.8 Å². The first-order valence-corrected chi connectivity index (χ1v) is 19.1. The molecule has 0 radical (unpaired) electrons. The predicted molar refractivity (Wildman–Crippen MR) is 186 cm³/mol. The average molecular weight is 655 g/mol. The van der Waals surface area contributed by atoms with E-state index in [0.29, 0.717) is 45.1 Å². The normalized spacial score (nSPS) is 14.1. The first kappa shape index (κ1) is 34.1. The largest absolute Gasteiger partial charge is 0.489 e. The molecule has 0 bridgehead atoms. The van der Waals surface area contributed by atoms with E-state index < -0.39 is 8.32 Å². The van der Waals surface area contributed by atoms with Crippen molar-refractivity contribution in [2.75, 3.05) is 26.3 Å². The molecule has 9 nitrogen and oxygen atoms in total. The molecule has 5 rings (SSSR count). The molecule has 1 aliphatic heterocycles. The van der Waals surface area contributed by atoms with E-state index in [1.54, 1.807) is 12.4 Å². The van der Waals surface area contributed by atoms with Crippen molar-refractivity contribution in [1.29, 1.82) is 0 Å². The maximum absolute atomic E-state index is 14.0. The van der Waals surface area contributed by atoms with Gasteiger partial charge in [-0.3, -0.25) is 19.3 Å². The number of aromatic nitrogens is 3. The number of amides is 1. The lowest BCUT2D eigenvalue weighted by atomic mass is 9.98. The highest BCUT2D eigenvalue weighted by molar-refractivity contribution is 6.74. The van der Waals surface area contributed by atoms with Crippen LogP contribution in [0.15, 0.2) is 73.1 Å². The SMILES string of the molecule is CC(=O)OCC(C)c1ccc(COc2ccc(-c3c(-c4ccncc4)nn4c3C(=O)N(CCO[Si](C)(C)C(C)(C)C)CC4)cc2)cc1. The number of benzene rings is 2. The number of esters is 1. The first-order chi connectivity index (χ1) is 22.3. The van der Waals surface area contributed by atoms with Gasteiger partial charge in [-0.05, 0) is 59.1 Å². The minimum atomic E-state index is -1.92. The molecule has 0 aliphatic carbocycles. The molecule has 1 aliphatic rings. The number of ether oxygens (including phenoxy) is 2. The van der Waals surface area contributed by atoms with Crippen LogP contribution in [0.1, 0.15) is 62.2 Å². The van der Waals surface area contributed by atoms with Gasteiger partial charge in [0, 0.05) is 49.5 Å². The molecule has 3 heterocycles. The Morgan fingerprint density at radius 1 is 0.957 bits per heavy atom. The molecule has 1 amide bonds. The zero-order valence-electron chi connectivity index (χ0n) is 28.6. The number of carbonyl (C=O) groups is 2. The van der Waals surface area contributed by atoms with Crippen LogP contribution in [0.25, 0.3) is 22.4 Å². The van der Waals surface area contributed by atoms with Gasteiger partial charge in [-0.2, -0.15) is 5.10 Å². The smallest absolute Gasteiger partial charge is 0.302 e. The molecule has 1 atom stereocenters. The van der Waals surface area contributed by atoms with Crippen LogP contribution >= 0.6 is 0 Å². The monoisotopic (exact) mass is 654 g/mol. The third kappa shape index (κ3) is 8.00. The fourth-order valence-corrected chi connectivity index (χ4v) is 6.33. The molecule has 248 valence electrons. The Morgan fingerprint density at radius 3 is 2.28 bits per heavy atom. The zero-order valence-corrected chi connectivity index (χ0v) is 29.6. The quantitative estimate of drug-likeness (QED) is 0.117. The number of rotatable bonds is 12. The molecule has 0 saturated heterocycles. The summed E-state index contributed by atoms with van der Waals surface area (Å²) in [6.07, 6.45) is 3.49. The standard InChI is InChI=1S/C37H46N4O5Si/c1-26(24-44-27(2)42)29-10-8-28(9-11-29)25-45-32-14-12-30(13-15-32)33-34(31-16-18-38-19-17-31)39-41-21-20-40(36(43)35(33)41)22-23-46-47(6,7)37(3,4)5/h8-19,26H,20-25H2,1-7H3. The van der Waals surface area contributed by atoms with Crippen molar-refractivity contribution in [1.82, 2.24) is 19.7 Å². The van der Waals surface area contributed by atoms with Gasteiger partial charge >= 0.3 is 5.97 Å². The summed E-state index contributed by atoms with van der Waals surface area (Å²) in [6.45, 7) is 17.6. The van der Waals surface area contributed by atoms with Crippen LogP contribution in [-0.4, -0.2) is 66.2 Å². The lowest BCUT2D eigenvalue weighted by Crippen LogP contribution is -2.46. The van der Waals surface area contributed by atoms with Crippen LogP contribution in [-0.2, 0) is 27.1 Å². The van der Waals surface area contributed by atoms with Crippen molar-refractivity contribution >= 4 is 20.2 Å². The van der Waals surface area contributed by atoms with Crippen LogP contribution in [0, 0.1) is 0 Å². The fourth-order valence-electron chi connectivity index (χ4n) is 5.30. The Bertz CT molecular complexity index is 1680. The van der Waals surface area contributed by atoms with Crippen molar-refractivity contribution in [3.8, 4) is 28.1 Å². The number of carbonyl (C=O) groups excluding carboxylic acids is 2. The number of pyridine rings is 1. The second-order valence-corrected chi connectivity index (χ2v) is 18.5. The van der Waals surface area contributed by atoms with Crippen molar-refractivity contribution < 1.29 is 23.5 Å². The molecular formula is C37H46N4O5Si. The first-order valence-electron chi connectivity index (χ1n) is 16.2. The van der Waals surface area contributed by atoms with Gasteiger partial charge in [0.1, 0.15) is 23.7 Å². The maximum Gasteiger partial charge on any atom is 0.302 e. The van der Waals surface area contributed by atoms with Crippen molar-refractivity contribution in [3.63, 3.8) is 0 Å². The van der Waals surface area contributed by atoms with Gasteiger partial charge in [-0.15, -0.1) is 0 Å².